The Balaban J connectivity index is 1.67. The van der Waals surface area contributed by atoms with E-state index in [-0.39, 0.29) is 24.4 Å². The van der Waals surface area contributed by atoms with Crippen molar-refractivity contribution in [1.82, 2.24) is 14.8 Å². The van der Waals surface area contributed by atoms with Crippen LogP contribution in [0.4, 0.5) is 13.2 Å². The van der Waals surface area contributed by atoms with Crippen molar-refractivity contribution in [3.63, 3.8) is 0 Å². The third-order valence-corrected chi connectivity index (χ3v) is 4.26. The van der Waals surface area contributed by atoms with E-state index in [2.05, 4.69) is 9.88 Å². The Kier molecular flexibility index (Phi) is 5.33. The molecule has 0 atom stereocenters. The van der Waals surface area contributed by atoms with Gasteiger partial charge in [0.25, 0.3) is 0 Å². The number of benzene rings is 1. The zero-order valence-electron chi connectivity index (χ0n) is 13.6. The number of rotatable bonds is 4. The zero-order chi connectivity index (χ0) is 17.8. The van der Waals surface area contributed by atoms with Gasteiger partial charge >= 0.3 is 0 Å². The number of aromatic nitrogens is 1. The molecule has 0 aliphatic carbocycles. The predicted octanol–water partition coefficient (Wildman–Crippen LogP) is 2.73. The summed E-state index contributed by atoms with van der Waals surface area (Å²) in [4.78, 5) is 19.9. The number of pyridine rings is 1. The molecule has 0 saturated carbocycles. The Labute approximate surface area is 143 Å². The molecule has 1 aromatic carbocycles. The van der Waals surface area contributed by atoms with E-state index in [0.717, 1.165) is 5.56 Å². The molecule has 7 heteroatoms. The van der Waals surface area contributed by atoms with E-state index >= 15 is 0 Å². The number of nitrogens with zero attached hydrogens (tertiary/aromatic N) is 3. The maximum Gasteiger partial charge on any atom is 0.224 e. The summed E-state index contributed by atoms with van der Waals surface area (Å²) in [6.45, 7) is 1.98. The highest BCUT2D eigenvalue weighted by Crippen LogP contribution is 2.19. The maximum atomic E-state index is 13.8. The fourth-order valence-electron chi connectivity index (χ4n) is 2.90. The van der Waals surface area contributed by atoms with Crippen molar-refractivity contribution in [1.29, 1.82) is 0 Å². The highest BCUT2D eigenvalue weighted by atomic mass is 19.1. The molecule has 0 unspecified atom stereocenters. The smallest absolute Gasteiger partial charge is 0.224 e. The van der Waals surface area contributed by atoms with Gasteiger partial charge < -0.3 is 4.90 Å². The Morgan fingerprint density at radius 1 is 1.04 bits per heavy atom. The highest BCUT2D eigenvalue weighted by Gasteiger charge is 2.23. The van der Waals surface area contributed by atoms with Crippen molar-refractivity contribution in [2.24, 2.45) is 0 Å². The summed E-state index contributed by atoms with van der Waals surface area (Å²) in [5.41, 5.74) is 0.759. The molecular formula is C18H18F3N3O. The normalized spacial score (nSPS) is 16.1. The molecule has 2 aromatic rings. The van der Waals surface area contributed by atoms with Crippen LogP contribution in [-0.4, -0.2) is 40.3 Å². The summed E-state index contributed by atoms with van der Waals surface area (Å²) in [7, 11) is 0. The van der Waals surface area contributed by atoms with Crippen LogP contribution >= 0.6 is 0 Å². The molecule has 1 amide bonds. The minimum absolute atomic E-state index is 0.170. The summed E-state index contributed by atoms with van der Waals surface area (Å²) in [6.07, 6.45) is 3.74. The molecule has 0 spiro atoms. The van der Waals surface area contributed by atoms with Crippen molar-refractivity contribution in [3.05, 3.63) is 65.2 Å². The van der Waals surface area contributed by atoms with Crippen molar-refractivity contribution < 1.29 is 18.0 Å². The quantitative estimate of drug-likeness (QED) is 0.852. The van der Waals surface area contributed by atoms with Crippen LogP contribution in [-0.2, 0) is 17.9 Å². The zero-order valence-corrected chi connectivity index (χ0v) is 13.6. The van der Waals surface area contributed by atoms with Crippen LogP contribution < -0.4 is 0 Å². The predicted molar refractivity (Wildman–Crippen MR) is 85.9 cm³/mol. The van der Waals surface area contributed by atoms with Gasteiger partial charge in [-0.2, -0.15) is 0 Å². The molecule has 3 rings (SSSR count). The van der Waals surface area contributed by atoms with Crippen molar-refractivity contribution in [2.45, 2.75) is 19.5 Å². The van der Waals surface area contributed by atoms with Crippen molar-refractivity contribution in [2.75, 3.05) is 19.6 Å². The number of amides is 1. The number of hydrogen-bond donors (Lipinski definition) is 0. The van der Waals surface area contributed by atoms with Gasteiger partial charge in [-0.25, -0.2) is 13.2 Å². The third kappa shape index (κ3) is 4.36. The topological polar surface area (TPSA) is 36.4 Å². The molecule has 1 aliphatic rings. The largest absolute Gasteiger partial charge is 0.337 e. The minimum Gasteiger partial charge on any atom is -0.337 e. The van der Waals surface area contributed by atoms with Crippen molar-refractivity contribution in [3.8, 4) is 0 Å². The van der Waals surface area contributed by atoms with Gasteiger partial charge in [0.15, 0.2) is 0 Å². The summed E-state index contributed by atoms with van der Waals surface area (Å²) in [6, 6.07) is 5.08. The van der Waals surface area contributed by atoms with Gasteiger partial charge in [-0.1, -0.05) is 6.07 Å². The molecule has 2 heterocycles. The van der Waals surface area contributed by atoms with E-state index < -0.39 is 17.5 Å². The van der Waals surface area contributed by atoms with Crippen LogP contribution in [0.15, 0.2) is 36.7 Å². The molecule has 0 radical (unpaired) electrons. The van der Waals surface area contributed by atoms with Gasteiger partial charge in [-0.05, 0) is 11.6 Å². The molecule has 4 nitrogen and oxygen atoms in total. The first kappa shape index (κ1) is 17.4. The van der Waals surface area contributed by atoms with Crippen LogP contribution in [0, 0.1) is 17.5 Å². The number of carbonyl (C=O) groups is 1. The Hall–Kier alpha value is -2.41. The minimum atomic E-state index is -0.971. The van der Waals surface area contributed by atoms with Crippen LogP contribution in [0.1, 0.15) is 17.5 Å². The average molecular weight is 349 g/mol. The van der Waals surface area contributed by atoms with Crippen molar-refractivity contribution >= 4 is 5.91 Å². The van der Waals surface area contributed by atoms with E-state index in [9.17, 15) is 18.0 Å². The van der Waals surface area contributed by atoms with Crippen LogP contribution in [0.25, 0.3) is 0 Å². The third-order valence-electron chi connectivity index (χ3n) is 4.26. The molecule has 0 N–H and O–H groups in total. The summed E-state index contributed by atoms with van der Waals surface area (Å²) in [5.74, 6) is -3.08. The lowest BCUT2D eigenvalue weighted by Crippen LogP contribution is -2.33. The SMILES string of the molecule is O=C1CCN(Cc2cccnc2)CCN1Cc1c(F)cc(F)cc1F. The average Bonchev–Trinajstić information content (AvgIpc) is 2.74. The monoisotopic (exact) mass is 349 g/mol. The second-order valence-corrected chi connectivity index (χ2v) is 6.05. The summed E-state index contributed by atoms with van der Waals surface area (Å²) >= 11 is 0. The van der Waals surface area contributed by atoms with Gasteiger partial charge in [-0.15, -0.1) is 0 Å². The second kappa shape index (κ2) is 7.65. The second-order valence-electron chi connectivity index (χ2n) is 6.05. The van der Waals surface area contributed by atoms with E-state index in [4.69, 9.17) is 0 Å². The molecule has 25 heavy (non-hydrogen) atoms. The Morgan fingerprint density at radius 3 is 2.48 bits per heavy atom. The standard InChI is InChI=1S/C18H18F3N3O/c19-14-8-16(20)15(17(21)9-14)12-24-7-6-23(5-3-18(24)25)11-13-2-1-4-22-10-13/h1-2,4,8-10H,3,5-7,11-12H2. The Bertz CT molecular complexity index is 731. The Morgan fingerprint density at radius 2 is 1.80 bits per heavy atom. The fourth-order valence-corrected chi connectivity index (χ4v) is 2.90. The van der Waals surface area contributed by atoms with Crippen LogP contribution in [0.3, 0.4) is 0 Å². The first-order valence-electron chi connectivity index (χ1n) is 8.05. The maximum absolute atomic E-state index is 13.8. The summed E-state index contributed by atoms with van der Waals surface area (Å²) in [5, 5.41) is 0. The lowest BCUT2D eigenvalue weighted by molar-refractivity contribution is -0.131. The number of halogens is 3. The molecule has 1 fully saturated rings. The van der Waals surface area contributed by atoms with Gasteiger partial charge in [-0.3, -0.25) is 14.7 Å². The van der Waals surface area contributed by atoms with Gasteiger partial charge in [0, 0.05) is 62.7 Å². The molecule has 1 saturated heterocycles. The number of carbonyl (C=O) groups excluding carboxylic acids is 1. The molecule has 132 valence electrons. The van der Waals surface area contributed by atoms with Crippen LogP contribution in [0.5, 0.6) is 0 Å². The van der Waals surface area contributed by atoms with Gasteiger partial charge in [0.1, 0.15) is 17.5 Å². The molecular weight excluding hydrogens is 331 g/mol. The lowest BCUT2D eigenvalue weighted by atomic mass is 10.1. The molecule has 1 aliphatic heterocycles. The molecule has 0 bridgehead atoms. The van der Waals surface area contributed by atoms with E-state index in [1.54, 1.807) is 12.4 Å². The summed E-state index contributed by atoms with van der Waals surface area (Å²) < 4.78 is 40.7. The lowest BCUT2D eigenvalue weighted by Gasteiger charge is -2.22. The first-order chi connectivity index (χ1) is 12.0. The van der Waals surface area contributed by atoms with E-state index in [1.165, 1.54) is 4.90 Å². The number of hydrogen-bond acceptors (Lipinski definition) is 3. The van der Waals surface area contributed by atoms with Crippen LogP contribution in [0.2, 0.25) is 0 Å². The highest BCUT2D eigenvalue weighted by molar-refractivity contribution is 5.76. The van der Waals surface area contributed by atoms with Gasteiger partial charge in [0.2, 0.25) is 5.91 Å². The van der Waals surface area contributed by atoms with E-state index in [0.29, 0.717) is 38.3 Å². The van der Waals surface area contributed by atoms with E-state index in [1.807, 2.05) is 12.1 Å². The molecule has 1 aromatic heterocycles. The fraction of sp³-hybridized carbons (Fsp3) is 0.333. The van der Waals surface area contributed by atoms with Gasteiger partial charge in [0.05, 0.1) is 6.54 Å². The first-order valence-corrected chi connectivity index (χ1v) is 8.05.